The Morgan fingerprint density at radius 1 is 0.649 bits per heavy atom. The van der Waals surface area contributed by atoms with E-state index in [0.29, 0.717) is 48.4 Å². The molecule has 4 atom stereocenters. The van der Waals surface area contributed by atoms with E-state index in [0.717, 1.165) is 12.8 Å². The van der Waals surface area contributed by atoms with E-state index in [1.54, 1.807) is 36.4 Å². The van der Waals surface area contributed by atoms with Crippen LogP contribution in [0.3, 0.4) is 0 Å². The van der Waals surface area contributed by atoms with Crippen LogP contribution in [-0.2, 0) is 20.0 Å². The minimum absolute atomic E-state index is 0.144. The van der Waals surface area contributed by atoms with Gasteiger partial charge in [-0.2, -0.15) is 8.61 Å². The Morgan fingerprint density at radius 2 is 1.00 bits per heavy atom. The highest BCUT2D eigenvalue weighted by Gasteiger charge is 2.36. The minimum atomic E-state index is -3.73. The van der Waals surface area contributed by atoms with E-state index >= 15 is 0 Å². The number of hydrogen-bond acceptors (Lipinski definition) is 6. The summed E-state index contributed by atoms with van der Waals surface area (Å²) in [5, 5.41) is 13.4. The number of hydrogen-bond donors (Lipinski definition) is 1. The van der Waals surface area contributed by atoms with E-state index in [4.69, 9.17) is 0 Å². The number of piperidine rings is 2. The van der Waals surface area contributed by atoms with E-state index < -0.39 is 20.0 Å². The molecular formula is C27H35N3O5S2. The highest BCUT2D eigenvalue weighted by atomic mass is 32.2. The van der Waals surface area contributed by atoms with Crippen molar-refractivity contribution >= 4 is 25.8 Å². The van der Waals surface area contributed by atoms with Crippen molar-refractivity contribution in [3.8, 4) is 11.1 Å². The summed E-state index contributed by atoms with van der Waals surface area (Å²) in [6, 6.07) is 9.71. The first-order valence-electron chi connectivity index (χ1n) is 12.9. The molecule has 3 aliphatic rings. The number of fused-ring (bicyclic) bond motifs is 3. The lowest BCUT2D eigenvalue weighted by atomic mass is 9.94. The van der Waals surface area contributed by atoms with Crippen LogP contribution < -0.4 is 0 Å². The number of benzene rings is 2. The molecule has 2 heterocycles. The second-order valence-corrected chi connectivity index (χ2v) is 15.3. The first-order valence-corrected chi connectivity index (χ1v) is 15.8. The predicted molar refractivity (Wildman–Crippen MR) is 143 cm³/mol. The van der Waals surface area contributed by atoms with Crippen molar-refractivity contribution in [3.05, 3.63) is 47.5 Å². The molecule has 10 heteroatoms. The van der Waals surface area contributed by atoms with Crippen LogP contribution in [0.1, 0.15) is 51.7 Å². The van der Waals surface area contributed by atoms with Crippen LogP contribution in [0.2, 0.25) is 0 Å². The van der Waals surface area contributed by atoms with Crippen molar-refractivity contribution in [2.24, 2.45) is 28.8 Å². The Hall–Kier alpha value is -2.27. The molecular weight excluding hydrogens is 510 g/mol. The van der Waals surface area contributed by atoms with Crippen molar-refractivity contribution in [1.29, 1.82) is 0 Å². The maximum atomic E-state index is 13.5. The third-order valence-corrected chi connectivity index (χ3v) is 11.5. The lowest BCUT2D eigenvalue weighted by Gasteiger charge is -2.34. The molecule has 37 heavy (non-hydrogen) atoms. The van der Waals surface area contributed by atoms with E-state index in [1.165, 1.54) is 8.61 Å². The van der Waals surface area contributed by atoms with Gasteiger partial charge in [-0.15, -0.1) is 0 Å². The molecule has 8 nitrogen and oxygen atoms in total. The van der Waals surface area contributed by atoms with Crippen molar-refractivity contribution in [2.45, 2.75) is 50.3 Å². The number of oxime groups is 1. The van der Waals surface area contributed by atoms with Gasteiger partial charge in [-0.3, -0.25) is 0 Å². The smallest absolute Gasteiger partial charge is 0.243 e. The second-order valence-electron chi connectivity index (χ2n) is 11.4. The maximum Gasteiger partial charge on any atom is 0.243 e. The Labute approximate surface area is 220 Å². The molecule has 200 valence electrons. The summed E-state index contributed by atoms with van der Waals surface area (Å²) in [6.45, 7) is 10.1. The molecule has 2 fully saturated rings. The average Bonchev–Trinajstić information content (AvgIpc) is 3.15. The molecule has 0 saturated carbocycles. The van der Waals surface area contributed by atoms with Crippen LogP contribution in [0.15, 0.2) is 51.3 Å². The zero-order valence-corrected chi connectivity index (χ0v) is 23.4. The highest BCUT2D eigenvalue weighted by Crippen LogP contribution is 2.40. The quantitative estimate of drug-likeness (QED) is 0.390. The molecule has 0 spiro atoms. The lowest BCUT2D eigenvalue weighted by Crippen LogP contribution is -2.42. The standard InChI is InChI=1S/C27H35N3O5S2/c1-17-9-18(2)14-29(13-17)36(32,33)21-5-7-23-24-8-6-22(12-26(24)27(28-31)25(23)11-21)37(34,35)30-15-19(3)10-20(4)16-30/h5-8,11-12,17-20,31H,9-10,13-16H2,1-4H3. The molecule has 0 amide bonds. The highest BCUT2D eigenvalue weighted by molar-refractivity contribution is 7.89. The van der Waals surface area contributed by atoms with Crippen molar-refractivity contribution < 1.29 is 22.0 Å². The third kappa shape index (κ3) is 4.62. The Morgan fingerprint density at radius 3 is 1.32 bits per heavy atom. The zero-order valence-electron chi connectivity index (χ0n) is 21.8. The van der Waals surface area contributed by atoms with Gasteiger partial charge in [0.25, 0.3) is 0 Å². The number of rotatable bonds is 4. The summed E-state index contributed by atoms with van der Waals surface area (Å²) in [5.41, 5.74) is 2.57. The van der Waals surface area contributed by atoms with E-state index in [-0.39, 0.29) is 39.2 Å². The van der Waals surface area contributed by atoms with Gasteiger partial charge in [0.15, 0.2) is 0 Å². The van der Waals surface area contributed by atoms with Gasteiger partial charge >= 0.3 is 0 Å². The van der Waals surface area contributed by atoms with Gasteiger partial charge in [0, 0.05) is 37.3 Å². The Balaban J connectivity index is 1.51. The summed E-state index contributed by atoms with van der Waals surface area (Å²) in [6.07, 6.45) is 1.99. The summed E-state index contributed by atoms with van der Waals surface area (Å²) in [7, 11) is -7.46. The number of sulfonamides is 2. The summed E-state index contributed by atoms with van der Waals surface area (Å²) >= 11 is 0. The van der Waals surface area contributed by atoms with E-state index in [2.05, 4.69) is 32.9 Å². The van der Waals surface area contributed by atoms with Gasteiger partial charge in [0.2, 0.25) is 20.0 Å². The van der Waals surface area contributed by atoms with Crippen molar-refractivity contribution in [2.75, 3.05) is 26.2 Å². The molecule has 0 aromatic heterocycles. The molecule has 0 radical (unpaired) electrons. The van der Waals surface area contributed by atoms with E-state index in [9.17, 15) is 22.0 Å². The Bertz CT molecular complexity index is 1340. The molecule has 0 bridgehead atoms. The van der Waals surface area contributed by atoms with Gasteiger partial charge in [-0.25, -0.2) is 16.8 Å². The predicted octanol–water partition coefficient (Wildman–Crippen LogP) is 4.23. The van der Waals surface area contributed by atoms with Crippen molar-refractivity contribution in [3.63, 3.8) is 0 Å². The fourth-order valence-electron chi connectivity index (χ4n) is 6.38. The van der Waals surface area contributed by atoms with Crippen LogP contribution in [0, 0.1) is 23.7 Å². The van der Waals surface area contributed by atoms with Gasteiger partial charge in [0.05, 0.1) is 9.79 Å². The van der Waals surface area contributed by atoms with E-state index in [1.807, 2.05) is 0 Å². The molecule has 2 aromatic rings. The van der Waals surface area contributed by atoms with Crippen LogP contribution in [-0.4, -0.2) is 62.5 Å². The minimum Gasteiger partial charge on any atom is -0.410 e. The first kappa shape index (κ1) is 26.3. The van der Waals surface area contributed by atoms with Crippen molar-refractivity contribution in [1.82, 2.24) is 8.61 Å². The first-order chi connectivity index (χ1) is 17.4. The van der Waals surface area contributed by atoms with Gasteiger partial charge < -0.3 is 5.21 Å². The largest absolute Gasteiger partial charge is 0.410 e. The van der Waals surface area contributed by atoms with Crippen LogP contribution >= 0.6 is 0 Å². The fraction of sp³-hybridized carbons (Fsp3) is 0.519. The molecule has 4 unspecified atom stereocenters. The lowest BCUT2D eigenvalue weighted by molar-refractivity contribution is 0.222. The zero-order chi connectivity index (χ0) is 26.7. The monoisotopic (exact) mass is 545 g/mol. The molecule has 1 N–H and O–H groups in total. The fourth-order valence-corrected chi connectivity index (χ4v) is 9.80. The topological polar surface area (TPSA) is 107 Å². The molecule has 2 saturated heterocycles. The van der Waals surface area contributed by atoms with Crippen LogP contribution in [0.25, 0.3) is 11.1 Å². The second kappa shape index (κ2) is 9.48. The SMILES string of the molecule is CC1CC(C)CN(S(=O)(=O)c2ccc3c(c2)C(=NO)c2cc(S(=O)(=O)N4CC(C)CC(C)C4)ccc2-3)C1. The maximum absolute atomic E-state index is 13.5. The van der Waals surface area contributed by atoms with Crippen LogP contribution in [0.5, 0.6) is 0 Å². The molecule has 5 rings (SSSR count). The van der Waals surface area contributed by atoms with Gasteiger partial charge in [-0.05, 0) is 71.9 Å². The molecule has 1 aliphatic carbocycles. The third-order valence-electron chi connectivity index (χ3n) is 7.83. The van der Waals surface area contributed by atoms with Crippen LogP contribution in [0.4, 0.5) is 0 Å². The Kier molecular flexibility index (Phi) is 6.75. The molecule has 2 aromatic carbocycles. The summed E-state index contributed by atoms with van der Waals surface area (Å²) in [5.74, 6) is 1.10. The number of nitrogens with zero attached hydrogens (tertiary/aromatic N) is 3. The summed E-state index contributed by atoms with van der Waals surface area (Å²) < 4.78 is 57.1. The normalized spacial score (nSPS) is 27.1. The van der Waals surface area contributed by atoms with Gasteiger partial charge in [-0.1, -0.05) is 45.0 Å². The average molecular weight is 546 g/mol. The summed E-state index contributed by atoms with van der Waals surface area (Å²) in [4.78, 5) is 0.288. The molecule has 2 aliphatic heterocycles. The van der Waals surface area contributed by atoms with Gasteiger partial charge in [0.1, 0.15) is 5.71 Å².